The van der Waals surface area contributed by atoms with E-state index in [9.17, 15) is 13.2 Å². The van der Waals surface area contributed by atoms with E-state index >= 15 is 0 Å². The minimum absolute atomic E-state index is 0.128. The summed E-state index contributed by atoms with van der Waals surface area (Å²) in [5.41, 5.74) is 0.927. The maximum atomic E-state index is 11.3. The predicted octanol–water partition coefficient (Wildman–Crippen LogP) is 1.21. The van der Waals surface area contributed by atoms with E-state index in [4.69, 9.17) is 5.11 Å². The van der Waals surface area contributed by atoms with Gasteiger partial charge in [0.15, 0.2) is 0 Å². The molecule has 20 heavy (non-hydrogen) atoms. The number of hydrogen-bond donors (Lipinski definition) is 2. The van der Waals surface area contributed by atoms with Crippen LogP contribution < -0.4 is 4.72 Å². The zero-order valence-corrected chi connectivity index (χ0v) is 11.3. The molecule has 1 aromatic carbocycles. The lowest BCUT2D eigenvalue weighted by Crippen LogP contribution is -2.13. The van der Waals surface area contributed by atoms with Gasteiger partial charge in [-0.25, -0.2) is 23.2 Å². The average molecular weight is 293 g/mol. The number of aromatic nitrogens is 2. The Labute approximate surface area is 115 Å². The largest absolute Gasteiger partial charge is 0.475 e. The number of aromatic carboxylic acids is 1. The second kappa shape index (κ2) is 5.25. The lowest BCUT2D eigenvalue weighted by Gasteiger charge is -2.10. The van der Waals surface area contributed by atoms with Gasteiger partial charge in [0.2, 0.25) is 15.8 Å². The van der Waals surface area contributed by atoms with E-state index in [1.807, 2.05) is 0 Å². The van der Waals surface area contributed by atoms with Crippen molar-refractivity contribution < 1.29 is 18.3 Å². The van der Waals surface area contributed by atoms with Gasteiger partial charge in [0, 0.05) is 5.56 Å². The van der Waals surface area contributed by atoms with Crippen LogP contribution in [0.4, 0.5) is 5.69 Å². The Kier molecular flexibility index (Phi) is 3.66. The molecule has 0 saturated carbocycles. The van der Waals surface area contributed by atoms with Gasteiger partial charge in [0.1, 0.15) is 0 Å². The number of anilines is 1. The van der Waals surface area contributed by atoms with Crippen molar-refractivity contribution in [3.63, 3.8) is 0 Å². The molecule has 2 rings (SSSR count). The van der Waals surface area contributed by atoms with Gasteiger partial charge >= 0.3 is 5.97 Å². The predicted molar refractivity (Wildman–Crippen MR) is 72.9 cm³/mol. The first-order chi connectivity index (χ1) is 9.37. The van der Waals surface area contributed by atoms with E-state index in [1.165, 1.54) is 0 Å². The third-order valence-corrected chi connectivity index (χ3v) is 2.91. The van der Waals surface area contributed by atoms with Gasteiger partial charge in [-0.2, -0.15) is 0 Å². The van der Waals surface area contributed by atoms with Gasteiger partial charge in [-0.05, 0) is 0 Å². The number of hydrogen-bond acceptors (Lipinski definition) is 5. The second-order valence-corrected chi connectivity index (χ2v) is 5.75. The molecule has 0 aliphatic carbocycles. The van der Waals surface area contributed by atoms with Crippen molar-refractivity contribution in [1.82, 2.24) is 9.97 Å². The van der Waals surface area contributed by atoms with Crippen LogP contribution in [0.1, 0.15) is 10.6 Å². The third kappa shape index (κ3) is 3.29. The fraction of sp³-hybridized carbons (Fsp3) is 0.0833. The summed E-state index contributed by atoms with van der Waals surface area (Å²) in [4.78, 5) is 18.4. The van der Waals surface area contributed by atoms with Crippen LogP contribution >= 0.6 is 0 Å². The molecule has 0 unspecified atom stereocenters. The Morgan fingerprint density at radius 3 is 2.45 bits per heavy atom. The van der Waals surface area contributed by atoms with Crippen LogP contribution in [0.3, 0.4) is 0 Å². The molecule has 0 atom stereocenters. The molecule has 2 N–H and O–H groups in total. The number of benzene rings is 1. The van der Waals surface area contributed by atoms with E-state index in [0.717, 1.165) is 12.5 Å². The molecule has 0 radical (unpaired) electrons. The van der Waals surface area contributed by atoms with Crippen molar-refractivity contribution in [2.24, 2.45) is 0 Å². The topological polar surface area (TPSA) is 109 Å². The molecule has 0 saturated heterocycles. The van der Waals surface area contributed by atoms with Gasteiger partial charge in [0.05, 0.1) is 23.8 Å². The Bertz CT molecular complexity index is 745. The molecule has 2 aromatic rings. The van der Waals surface area contributed by atoms with Gasteiger partial charge < -0.3 is 5.11 Å². The number of carboxylic acid groups (broad SMARTS) is 1. The van der Waals surface area contributed by atoms with E-state index in [1.54, 1.807) is 30.3 Å². The van der Waals surface area contributed by atoms with Gasteiger partial charge in [-0.1, -0.05) is 30.3 Å². The fourth-order valence-corrected chi connectivity index (χ4v) is 2.12. The van der Waals surface area contributed by atoms with Crippen molar-refractivity contribution in [3.8, 4) is 11.3 Å². The molecular formula is C12H11N3O4S. The molecular weight excluding hydrogens is 282 g/mol. The number of nitrogens with zero attached hydrogens (tertiary/aromatic N) is 2. The van der Waals surface area contributed by atoms with Crippen LogP contribution in [-0.2, 0) is 10.0 Å². The van der Waals surface area contributed by atoms with Crippen LogP contribution in [0.2, 0.25) is 0 Å². The summed E-state index contributed by atoms with van der Waals surface area (Å²) < 4.78 is 24.9. The van der Waals surface area contributed by atoms with E-state index in [2.05, 4.69) is 14.7 Å². The van der Waals surface area contributed by atoms with Crippen molar-refractivity contribution in [2.45, 2.75) is 0 Å². The quantitative estimate of drug-likeness (QED) is 0.877. The summed E-state index contributed by atoms with van der Waals surface area (Å²) in [6, 6.07) is 8.65. The highest BCUT2D eigenvalue weighted by atomic mass is 32.2. The molecule has 0 bridgehead atoms. The van der Waals surface area contributed by atoms with Crippen LogP contribution in [-0.4, -0.2) is 35.7 Å². The van der Waals surface area contributed by atoms with Gasteiger partial charge in [-0.3, -0.25) is 4.72 Å². The lowest BCUT2D eigenvalue weighted by molar-refractivity contribution is 0.0683. The maximum Gasteiger partial charge on any atom is 0.373 e. The van der Waals surface area contributed by atoms with Gasteiger partial charge in [-0.15, -0.1) is 0 Å². The first-order valence-electron chi connectivity index (χ1n) is 5.50. The van der Waals surface area contributed by atoms with Gasteiger partial charge in [0.25, 0.3) is 0 Å². The smallest absolute Gasteiger partial charge is 0.373 e. The fourth-order valence-electron chi connectivity index (χ4n) is 1.58. The van der Waals surface area contributed by atoms with Crippen molar-refractivity contribution in [1.29, 1.82) is 0 Å². The Hall–Kier alpha value is -2.48. The highest BCUT2D eigenvalue weighted by Gasteiger charge is 2.15. The SMILES string of the molecule is CS(=O)(=O)Nc1cnc(C(=O)O)nc1-c1ccccc1. The molecule has 1 aromatic heterocycles. The molecule has 0 aliphatic heterocycles. The van der Waals surface area contributed by atoms with E-state index < -0.39 is 21.8 Å². The molecule has 0 aliphatic rings. The van der Waals surface area contributed by atoms with Crippen molar-refractivity contribution >= 4 is 21.7 Å². The molecule has 0 spiro atoms. The molecule has 104 valence electrons. The molecule has 1 heterocycles. The summed E-state index contributed by atoms with van der Waals surface area (Å²) in [5, 5.41) is 8.92. The summed E-state index contributed by atoms with van der Waals surface area (Å²) in [5.74, 6) is -1.68. The zero-order chi connectivity index (χ0) is 14.8. The van der Waals surface area contributed by atoms with Crippen LogP contribution in [0.5, 0.6) is 0 Å². The Balaban J connectivity index is 2.60. The van der Waals surface area contributed by atoms with E-state index in [0.29, 0.717) is 5.56 Å². The summed E-state index contributed by atoms with van der Waals surface area (Å²) in [6.45, 7) is 0. The van der Waals surface area contributed by atoms with Crippen LogP contribution in [0.15, 0.2) is 36.5 Å². The zero-order valence-electron chi connectivity index (χ0n) is 10.4. The van der Waals surface area contributed by atoms with Crippen molar-refractivity contribution in [2.75, 3.05) is 11.0 Å². The first-order valence-corrected chi connectivity index (χ1v) is 7.39. The van der Waals surface area contributed by atoms with Crippen LogP contribution in [0, 0.1) is 0 Å². The Morgan fingerprint density at radius 2 is 1.90 bits per heavy atom. The highest BCUT2D eigenvalue weighted by molar-refractivity contribution is 7.92. The normalized spacial score (nSPS) is 11.1. The lowest BCUT2D eigenvalue weighted by atomic mass is 10.1. The summed E-state index contributed by atoms with van der Waals surface area (Å²) in [6.07, 6.45) is 2.13. The average Bonchev–Trinajstić information content (AvgIpc) is 2.38. The standard InChI is InChI=1S/C12H11N3O4S/c1-20(18,19)15-9-7-13-11(12(16)17)14-10(9)8-5-3-2-4-6-8/h2-7,15H,1H3,(H,16,17). The number of nitrogens with one attached hydrogen (secondary N) is 1. The monoisotopic (exact) mass is 293 g/mol. The third-order valence-electron chi connectivity index (χ3n) is 2.32. The number of carboxylic acids is 1. The highest BCUT2D eigenvalue weighted by Crippen LogP contribution is 2.25. The van der Waals surface area contributed by atoms with Crippen molar-refractivity contribution in [3.05, 3.63) is 42.4 Å². The number of rotatable bonds is 4. The molecule has 7 nitrogen and oxygen atoms in total. The minimum atomic E-state index is -3.52. The summed E-state index contributed by atoms with van der Waals surface area (Å²) >= 11 is 0. The first kappa shape index (κ1) is 13.9. The van der Waals surface area contributed by atoms with Crippen LogP contribution in [0.25, 0.3) is 11.3 Å². The Morgan fingerprint density at radius 1 is 1.25 bits per heavy atom. The number of carbonyl (C=O) groups is 1. The second-order valence-electron chi connectivity index (χ2n) is 4.00. The molecule has 8 heteroatoms. The molecule has 0 amide bonds. The summed E-state index contributed by atoms with van der Waals surface area (Å²) in [7, 11) is -3.52. The maximum absolute atomic E-state index is 11.3. The molecule has 0 fully saturated rings. The number of sulfonamides is 1. The minimum Gasteiger partial charge on any atom is -0.475 e. The van der Waals surface area contributed by atoms with E-state index in [-0.39, 0.29) is 11.4 Å².